The average molecular weight is 320 g/mol. The van der Waals surface area contributed by atoms with Crippen LogP contribution in [0.1, 0.15) is 24.0 Å². The second kappa shape index (κ2) is 7.18. The van der Waals surface area contributed by atoms with Gasteiger partial charge in [0, 0.05) is 0 Å². The predicted octanol–water partition coefficient (Wildman–Crippen LogP) is 4.70. The Morgan fingerprint density at radius 1 is 0.958 bits per heavy atom. The third-order valence-electron chi connectivity index (χ3n) is 4.17. The third kappa shape index (κ3) is 3.57. The maximum absolute atomic E-state index is 12.3. The molecule has 0 aliphatic carbocycles. The molecule has 0 radical (unpaired) electrons. The average Bonchev–Trinajstić information content (AvgIpc) is 2.65. The zero-order valence-electron chi connectivity index (χ0n) is 13.9. The molecule has 0 bridgehead atoms. The molecule has 3 heteroatoms. The molecular formula is C21H20O3. The van der Waals surface area contributed by atoms with Gasteiger partial charge in [-0.3, -0.25) is 4.79 Å². The highest BCUT2D eigenvalue weighted by atomic mass is 16.5. The summed E-state index contributed by atoms with van der Waals surface area (Å²) in [6.45, 7) is 2.14. The van der Waals surface area contributed by atoms with Crippen molar-refractivity contribution in [3.63, 3.8) is 0 Å². The van der Waals surface area contributed by atoms with Gasteiger partial charge in [0.15, 0.2) is 0 Å². The third-order valence-corrected chi connectivity index (χ3v) is 4.17. The van der Waals surface area contributed by atoms with E-state index in [4.69, 9.17) is 9.47 Å². The van der Waals surface area contributed by atoms with E-state index < -0.39 is 0 Å². The lowest BCUT2D eigenvalue weighted by Crippen LogP contribution is -2.13. The molecule has 122 valence electrons. The Balaban J connectivity index is 1.66. The summed E-state index contributed by atoms with van der Waals surface area (Å²) < 4.78 is 10.6. The van der Waals surface area contributed by atoms with Gasteiger partial charge in [0.2, 0.25) is 0 Å². The van der Waals surface area contributed by atoms with Gasteiger partial charge in [0.1, 0.15) is 12.4 Å². The van der Waals surface area contributed by atoms with E-state index >= 15 is 0 Å². The molecule has 0 saturated carbocycles. The standard InChI is InChI=1S/C21H20O3/c1-15(18-10-9-17-5-3-4-6-19(17)13-18)21(22)24-14-16-7-11-20(23-2)12-8-16/h3-13,15H,14H2,1-2H3/t15-/m0/s1. The first-order valence-electron chi connectivity index (χ1n) is 7.95. The molecule has 0 aliphatic rings. The minimum atomic E-state index is -0.298. The molecule has 3 aromatic carbocycles. The van der Waals surface area contributed by atoms with E-state index in [9.17, 15) is 4.79 Å². The molecule has 0 aliphatic heterocycles. The zero-order valence-corrected chi connectivity index (χ0v) is 13.9. The number of carbonyl (C=O) groups is 1. The highest BCUT2D eigenvalue weighted by Crippen LogP contribution is 2.23. The van der Waals surface area contributed by atoms with E-state index in [0.717, 1.165) is 22.3 Å². The Morgan fingerprint density at radius 3 is 2.38 bits per heavy atom. The van der Waals surface area contributed by atoms with E-state index in [-0.39, 0.29) is 18.5 Å². The second-order valence-electron chi connectivity index (χ2n) is 5.78. The molecule has 0 spiro atoms. The number of fused-ring (bicyclic) bond motifs is 1. The smallest absolute Gasteiger partial charge is 0.313 e. The number of benzene rings is 3. The molecule has 24 heavy (non-hydrogen) atoms. The van der Waals surface area contributed by atoms with Gasteiger partial charge in [0.25, 0.3) is 0 Å². The maximum Gasteiger partial charge on any atom is 0.313 e. The Kier molecular flexibility index (Phi) is 4.80. The topological polar surface area (TPSA) is 35.5 Å². The summed E-state index contributed by atoms with van der Waals surface area (Å²) in [6, 6.07) is 21.7. The molecule has 0 fully saturated rings. The molecular weight excluding hydrogens is 300 g/mol. The molecule has 0 amide bonds. The number of ether oxygens (including phenoxy) is 2. The second-order valence-corrected chi connectivity index (χ2v) is 5.78. The molecule has 3 rings (SSSR count). The van der Waals surface area contributed by atoms with Crippen molar-refractivity contribution >= 4 is 16.7 Å². The lowest BCUT2D eigenvalue weighted by atomic mass is 9.98. The molecule has 1 atom stereocenters. The van der Waals surface area contributed by atoms with Crippen molar-refractivity contribution in [1.82, 2.24) is 0 Å². The molecule has 0 unspecified atom stereocenters. The van der Waals surface area contributed by atoms with Crippen molar-refractivity contribution in [3.8, 4) is 5.75 Å². The fraction of sp³-hybridized carbons (Fsp3) is 0.190. The van der Waals surface area contributed by atoms with Crippen LogP contribution in [0.25, 0.3) is 10.8 Å². The quantitative estimate of drug-likeness (QED) is 0.639. The SMILES string of the molecule is COc1ccc(COC(=O)[C@@H](C)c2ccc3ccccc3c2)cc1. The lowest BCUT2D eigenvalue weighted by molar-refractivity contribution is -0.146. The summed E-state index contributed by atoms with van der Waals surface area (Å²) in [5.41, 5.74) is 1.91. The molecule has 3 nitrogen and oxygen atoms in total. The summed E-state index contributed by atoms with van der Waals surface area (Å²) in [6.07, 6.45) is 0. The predicted molar refractivity (Wildman–Crippen MR) is 95.2 cm³/mol. The van der Waals surface area contributed by atoms with Crippen LogP contribution >= 0.6 is 0 Å². The van der Waals surface area contributed by atoms with E-state index in [0.29, 0.717) is 0 Å². The van der Waals surface area contributed by atoms with Gasteiger partial charge in [-0.1, -0.05) is 54.6 Å². The van der Waals surface area contributed by atoms with Crippen LogP contribution in [0.4, 0.5) is 0 Å². The van der Waals surface area contributed by atoms with E-state index in [1.165, 1.54) is 5.39 Å². The number of carbonyl (C=O) groups excluding carboxylic acids is 1. The first-order valence-corrected chi connectivity index (χ1v) is 7.95. The van der Waals surface area contributed by atoms with Crippen LogP contribution in [0, 0.1) is 0 Å². The number of hydrogen-bond acceptors (Lipinski definition) is 3. The molecule has 0 saturated heterocycles. The van der Waals surface area contributed by atoms with Gasteiger partial charge >= 0.3 is 5.97 Å². The number of methoxy groups -OCH3 is 1. The van der Waals surface area contributed by atoms with Crippen LogP contribution in [0.3, 0.4) is 0 Å². The summed E-state index contributed by atoms with van der Waals surface area (Å²) in [5, 5.41) is 2.30. The first-order chi connectivity index (χ1) is 11.7. The van der Waals surface area contributed by atoms with Crippen molar-refractivity contribution in [2.24, 2.45) is 0 Å². The van der Waals surface area contributed by atoms with Crippen molar-refractivity contribution in [3.05, 3.63) is 77.9 Å². The fourth-order valence-corrected chi connectivity index (χ4v) is 2.61. The number of esters is 1. The minimum Gasteiger partial charge on any atom is -0.497 e. The van der Waals surface area contributed by atoms with Gasteiger partial charge in [-0.2, -0.15) is 0 Å². The molecule has 0 heterocycles. The van der Waals surface area contributed by atoms with Crippen LogP contribution in [0.2, 0.25) is 0 Å². The highest BCUT2D eigenvalue weighted by molar-refractivity contribution is 5.85. The summed E-state index contributed by atoms with van der Waals surface area (Å²) in [7, 11) is 1.63. The van der Waals surface area contributed by atoms with Gasteiger partial charge in [-0.15, -0.1) is 0 Å². The van der Waals surface area contributed by atoms with Crippen LogP contribution in [-0.2, 0) is 16.1 Å². The van der Waals surface area contributed by atoms with Gasteiger partial charge in [-0.05, 0) is 41.0 Å². The van der Waals surface area contributed by atoms with Crippen LogP contribution in [0.15, 0.2) is 66.7 Å². The van der Waals surface area contributed by atoms with Crippen LogP contribution < -0.4 is 4.74 Å². The van der Waals surface area contributed by atoms with Gasteiger partial charge < -0.3 is 9.47 Å². The number of rotatable bonds is 5. The zero-order chi connectivity index (χ0) is 16.9. The first kappa shape index (κ1) is 16.1. The number of hydrogen-bond donors (Lipinski definition) is 0. The minimum absolute atomic E-state index is 0.221. The van der Waals surface area contributed by atoms with Crippen molar-refractivity contribution in [2.75, 3.05) is 7.11 Å². The molecule has 0 aromatic heterocycles. The largest absolute Gasteiger partial charge is 0.497 e. The fourth-order valence-electron chi connectivity index (χ4n) is 2.61. The monoisotopic (exact) mass is 320 g/mol. The lowest BCUT2D eigenvalue weighted by Gasteiger charge is -2.13. The van der Waals surface area contributed by atoms with Crippen LogP contribution in [0.5, 0.6) is 5.75 Å². The Bertz CT molecular complexity index is 837. The summed E-state index contributed by atoms with van der Waals surface area (Å²) in [5.74, 6) is 0.267. The highest BCUT2D eigenvalue weighted by Gasteiger charge is 2.17. The Morgan fingerprint density at radius 2 is 1.67 bits per heavy atom. The van der Waals surface area contributed by atoms with Crippen LogP contribution in [-0.4, -0.2) is 13.1 Å². The summed E-state index contributed by atoms with van der Waals surface area (Å²) >= 11 is 0. The molecule has 3 aromatic rings. The van der Waals surface area contributed by atoms with E-state index in [1.807, 2.05) is 61.5 Å². The van der Waals surface area contributed by atoms with Crippen molar-refractivity contribution in [1.29, 1.82) is 0 Å². The summed E-state index contributed by atoms with van der Waals surface area (Å²) in [4.78, 5) is 12.3. The van der Waals surface area contributed by atoms with Crippen molar-refractivity contribution in [2.45, 2.75) is 19.4 Å². The van der Waals surface area contributed by atoms with E-state index in [1.54, 1.807) is 7.11 Å². The Hall–Kier alpha value is -2.81. The van der Waals surface area contributed by atoms with Gasteiger partial charge in [0.05, 0.1) is 13.0 Å². The maximum atomic E-state index is 12.3. The molecule has 0 N–H and O–H groups in total. The Labute approximate surface area is 141 Å². The normalized spacial score (nSPS) is 11.9. The van der Waals surface area contributed by atoms with E-state index in [2.05, 4.69) is 12.1 Å². The van der Waals surface area contributed by atoms with Gasteiger partial charge in [-0.25, -0.2) is 0 Å². The van der Waals surface area contributed by atoms with Crippen molar-refractivity contribution < 1.29 is 14.3 Å².